The van der Waals surface area contributed by atoms with Gasteiger partial charge in [-0.15, -0.1) is 22.7 Å². The standard InChI is InChI=1S/C10H10ClNOS2/c1-6(5-13)8-4-12-10(15-8)7-2-3-9(11)14-7/h2-4,6,13H,5H2,1H3. The third kappa shape index (κ3) is 2.39. The lowest BCUT2D eigenvalue weighted by Gasteiger charge is -2.01. The molecule has 1 unspecified atom stereocenters. The van der Waals surface area contributed by atoms with E-state index in [-0.39, 0.29) is 12.5 Å². The lowest BCUT2D eigenvalue weighted by atomic mass is 10.2. The normalized spacial score (nSPS) is 13.0. The van der Waals surface area contributed by atoms with Gasteiger partial charge in [-0.3, -0.25) is 0 Å². The SMILES string of the molecule is CC(CO)c1cnc(-c2ccc(Cl)s2)s1. The second kappa shape index (κ2) is 4.61. The van der Waals surface area contributed by atoms with E-state index in [1.165, 1.54) is 11.3 Å². The van der Waals surface area contributed by atoms with Crippen LogP contribution in [0.1, 0.15) is 17.7 Å². The van der Waals surface area contributed by atoms with E-state index >= 15 is 0 Å². The molecule has 0 aliphatic carbocycles. The van der Waals surface area contributed by atoms with Gasteiger partial charge < -0.3 is 5.11 Å². The quantitative estimate of drug-likeness (QED) is 0.913. The first-order chi connectivity index (χ1) is 7.20. The van der Waals surface area contributed by atoms with Crippen molar-refractivity contribution < 1.29 is 5.11 Å². The summed E-state index contributed by atoms with van der Waals surface area (Å²) in [4.78, 5) is 6.52. The van der Waals surface area contributed by atoms with Crippen molar-refractivity contribution >= 4 is 34.3 Å². The topological polar surface area (TPSA) is 33.1 Å². The van der Waals surface area contributed by atoms with Crippen LogP contribution in [0, 0.1) is 0 Å². The predicted octanol–water partition coefficient (Wildman–Crippen LogP) is 3.62. The summed E-state index contributed by atoms with van der Waals surface area (Å²) in [5, 5.41) is 10.0. The van der Waals surface area contributed by atoms with E-state index in [1.807, 2.05) is 25.3 Å². The van der Waals surface area contributed by atoms with E-state index in [0.29, 0.717) is 0 Å². The summed E-state index contributed by atoms with van der Waals surface area (Å²) in [6.07, 6.45) is 1.83. The summed E-state index contributed by atoms with van der Waals surface area (Å²) >= 11 is 9.00. The van der Waals surface area contributed by atoms with E-state index in [1.54, 1.807) is 11.3 Å². The number of aromatic nitrogens is 1. The van der Waals surface area contributed by atoms with E-state index in [0.717, 1.165) is 19.1 Å². The average molecular weight is 260 g/mol. The van der Waals surface area contributed by atoms with Gasteiger partial charge in [0.1, 0.15) is 5.01 Å². The van der Waals surface area contributed by atoms with Crippen molar-refractivity contribution in [3.05, 3.63) is 27.5 Å². The number of hydrogen-bond acceptors (Lipinski definition) is 4. The highest BCUT2D eigenvalue weighted by Gasteiger charge is 2.11. The van der Waals surface area contributed by atoms with Crippen molar-refractivity contribution in [3.8, 4) is 9.88 Å². The molecule has 0 saturated heterocycles. The molecule has 15 heavy (non-hydrogen) atoms. The molecule has 1 N–H and O–H groups in total. The van der Waals surface area contributed by atoms with Crippen molar-refractivity contribution in [2.75, 3.05) is 6.61 Å². The highest BCUT2D eigenvalue weighted by molar-refractivity contribution is 7.23. The number of aliphatic hydroxyl groups is 1. The molecule has 2 aromatic heterocycles. The predicted molar refractivity (Wildman–Crippen MR) is 65.9 cm³/mol. The van der Waals surface area contributed by atoms with Crippen LogP contribution in [0.15, 0.2) is 18.3 Å². The molecule has 2 heterocycles. The zero-order valence-electron chi connectivity index (χ0n) is 8.11. The third-order valence-corrected chi connectivity index (χ3v) is 4.70. The number of thiophene rings is 1. The minimum Gasteiger partial charge on any atom is -0.396 e. The first-order valence-corrected chi connectivity index (χ1v) is 6.54. The zero-order valence-corrected chi connectivity index (χ0v) is 10.5. The van der Waals surface area contributed by atoms with Crippen LogP contribution >= 0.6 is 34.3 Å². The van der Waals surface area contributed by atoms with E-state index < -0.39 is 0 Å². The molecule has 0 bridgehead atoms. The molecule has 0 spiro atoms. The number of thiazole rings is 1. The minimum atomic E-state index is 0.159. The Kier molecular flexibility index (Phi) is 3.41. The van der Waals surface area contributed by atoms with Gasteiger partial charge in [0.2, 0.25) is 0 Å². The van der Waals surface area contributed by atoms with Crippen LogP contribution in [0.4, 0.5) is 0 Å². The Morgan fingerprint density at radius 2 is 2.27 bits per heavy atom. The van der Waals surface area contributed by atoms with Crippen molar-refractivity contribution in [1.29, 1.82) is 0 Å². The number of rotatable bonds is 3. The smallest absolute Gasteiger partial charge is 0.133 e. The molecule has 0 fully saturated rings. The Bertz CT molecular complexity index is 452. The minimum absolute atomic E-state index is 0.159. The van der Waals surface area contributed by atoms with Crippen LogP contribution in [0.25, 0.3) is 9.88 Å². The lowest BCUT2D eigenvalue weighted by molar-refractivity contribution is 0.274. The first kappa shape index (κ1) is 11.1. The summed E-state index contributed by atoms with van der Waals surface area (Å²) in [5.74, 6) is 0.159. The summed E-state index contributed by atoms with van der Waals surface area (Å²) in [6, 6.07) is 3.84. The molecular formula is C10H10ClNOS2. The van der Waals surface area contributed by atoms with Crippen LogP contribution in [0.2, 0.25) is 4.34 Å². The van der Waals surface area contributed by atoms with Gasteiger partial charge in [-0.2, -0.15) is 0 Å². The molecule has 80 valence electrons. The van der Waals surface area contributed by atoms with Crippen LogP contribution in [-0.4, -0.2) is 16.7 Å². The molecule has 2 aromatic rings. The monoisotopic (exact) mass is 259 g/mol. The number of halogens is 1. The Morgan fingerprint density at radius 3 is 2.87 bits per heavy atom. The second-order valence-corrected chi connectivity index (χ2v) is 6.03. The number of hydrogen-bond donors (Lipinski definition) is 1. The maximum absolute atomic E-state index is 9.03. The van der Waals surface area contributed by atoms with E-state index in [2.05, 4.69) is 4.98 Å². The molecule has 2 rings (SSSR count). The molecule has 0 aliphatic rings. The lowest BCUT2D eigenvalue weighted by Crippen LogP contribution is -1.94. The van der Waals surface area contributed by atoms with Gasteiger partial charge in [0.15, 0.2) is 0 Å². The zero-order chi connectivity index (χ0) is 10.8. The van der Waals surface area contributed by atoms with Gasteiger partial charge in [0.25, 0.3) is 0 Å². The number of aliphatic hydroxyl groups excluding tert-OH is 1. The highest BCUT2D eigenvalue weighted by Crippen LogP contribution is 2.35. The average Bonchev–Trinajstić information content (AvgIpc) is 2.84. The Morgan fingerprint density at radius 1 is 1.47 bits per heavy atom. The van der Waals surface area contributed by atoms with Crippen molar-refractivity contribution in [1.82, 2.24) is 4.98 Å². The van der Waals surface area contributed by atoms with Gasteiger partial charge in [-0.1, -0.05) is 18.5 Å². The summed E-state index contributed by atoms with van der Waals surface area (Å²) < 4.78 is 0.775. The maximum atomic E-state index is 9.03. The number of nitrogens with zero attached hydrogens (tertiary/aromatic N) is 1. The summed E-state index contributed by atoms with van der Waals surface area (Å²) in [5.41, 5.74) is 0. The maximum Gasteiger partial charge on any atom is 0.133 e. The van der Waals surface area contributed by atoms with Crippen molar-refractivity contribution in [3.63, 3.8) is 0 Å². The molecular weight excluding hydrogens is 250 g/mol. The second-order valence-electron chi connectivity index (χ2n) is 3.26. The largest absolute Gasteiger partial charge is 0.396 e. The Balaban J connectivity index is 2.27. The van der Waals surface area contributed by atoms with Crippen molar-refractivity contribution in [2.24, 2.45) is 0 Å². The molecule has 5 heteroatoms. The van der Waals surface area contributed by atoms with Gasteiger partial charge in [0, 0.05) is 17.0 Å². The fourth-order valence-electron chi connectivity index (χ4n) is 1.15. The molecule has 0 saturated carbocycles. The van der Waals surface area contributed by atoms with Crippen LogP contribution < -0.4 is 0 Å². The molecule has 0 radical (unpaired) electrons. The van der Waals surface area contributed by atoms with Crippen LogP contribution in [-0.2, 0) is 0 Å². The molecule has 0 aromatic carbocycles. The van der Waals surface area contributed by atoms with Gasteiger partial charge in [-0.05, 0) is 12.1 Å². The molecule has 0 amide bonds. The van der Waals surface area contributed by atoms with E-state index in [9.17, 15) is 0 Å². The van der Waals surface area contributed by atoms with Gasteiger partial charge in [-0.25, -0.2) is 4.98 Å². The molecule has 0 aliphatic heterocycles. The van der Waals surface area contributed by atoms with Crippen LogP contribution in [0.5, 0.6) is 0 Å². The summed E-state index contributed by atoms with van der Waals surface area (Å²) in [7, 11) is 0. The fraction of sp³-hybridized carbons (Fsp3) is 0.300. The summed E-state index contributed by atoms with van der Waals surface area (Å²) in [6.45, 7) is 2.14. The molecule has 1 atom stereocenters. The Hall–Kier alpha value is -0.420. The van der Waals surface area contributed by atoms with Crippen molar-refractivity contribution in [2.45, 2.75) is 12.8 Å². The highest BCUT2D eigenvalue weighted by atomic mass is 35.5. The van der Waals surface area contributed by atoms with Crippen LogP contribution in [0.3, 0.4) is 0 Å². The fourth-order valence-corrected chi connectivity index (χ4v) is 3.21. The van der Waals surface area contributed by atoms with Gasteiger partial charge >= 0.3 is 0 Å². The van der Waals surface area contributed by atoms with Gasteiger partial charge in [0.05, 0.1) is 15.8 Å². The molecule has 2 nitrogen and oxygen atoms in total. The Labute approximate surface area is 101 Å². The third-order valence-electron chi connectivity index (χ3n) is 2.07. The first-order valence-electron chi connectivity index (χ1n) is 4.53. The van der Waals surface area contributed by atoms with E-state index in [4.69, 9.17) is 16.7 Å².